The van der Waals surface area contributed by atoms with E-state index in [0.717, 1.165) is 12.1 Å². The molecule has 2 amide bonds. The Morgan fingerprint density at radius 1 is 1.10 bits per heavy atom. The van der Waals surface area contributed by atoms with E-state index < -0.39 is 23.6 Å². The van der Waals surface area contributed by atoms with Crippen LogP contribution in [0.2, 0.25) is 0 Å². The van der Waals surface area contributed by atoms with Gasteiger partial charge in [0, 0.05) is 24.3 Å². The van der Waals surface area contributed by atoms with Gasteiger partial charge in [0.25, 0.3) is 5.91 Å². The van der Waals surface area contributed by atoms with Crippen molar-refractivity contribution in [3.05, 3.63) is 65.2 Å². The number of carbonyl (C=O) groups excluding carboxylic acids is 2. The van der Waals surface area contributed by atoms with E-state index in [-0.39, 0.29) is 18.0 Å². The molecule has 1 aliphatic rings. The summed E-state index contributed by atoms with van der Waals surface area (Å²) in [5.74, 6) is -0.685. The Kier molecular flexibility index (Phi) is 6.48. The molecule has 30 heavy (non-hydrogen) atoms. The van der Waals surface area contributed by atoms with Gasteiger partial charge in [-0.1, -0.05) is 32.0 Å². The lowest BCUT2D eigenvalue weighted by atomic mass is 9.96. The molecule has 7 heteroatoms. The average Bonchev–Trinajstić information content (AvgIpc) is 2.73. The van der Waals surface area contributed by atoms with Gasteiger partial charge in [-0.15, -0.1) is 0 Å². The Balaban J connectivity index is 1.66. The summed E-state index contributed by atoms with van der Waals surface area (Å²) < 4.78 is 38.8. The summed E-state index contributed by atoms with van der Waals surface area (Å²) in [7, 11) is 0. The van der Waals surface area contributed by atoms with Gasteiger partial charge in [0.05, 0.1) is 11.5 Å². The first-order chi connectivity index (χ1) is 14.1. The normalized spacial score (nSPS) is 17.1. The highest BCUT2D eigenvalue weighted by Crippen LogP contribution is 2.30. The van der Waals surface area contributed by atoms with E-state index in [1.165, 1.54) is 22.6 Å². The summed E-state index contributed by atoms with van der Waals surface area (Å²) in [5, 5.41) is 2.88. The van der Waals surface area contributed by atoms with Gasteiger partial charge in [-0.2, -0.15) is 13.2 Å². The van der Waals surface area contributed by atoms with Crippen LogP contribution >= 0.6 is 0 Å². The molecule has 0 spiro atoms. The van der Waals surface area contributed by atoms with E-state index in [9.17, 15) is 22.8 Å². The zero-order chi connectivity index (χ0) is 21.9. The number of benzene rings is 2. The van der Waals surface area contributed by atoms with Gasteiger partial charge in [-0.3, -0.25) is 9.59 Å². The molecule has 3 rings (SSSR count). The highest BCUT2D eigenvalue weighted by Gasteiger charge is 2.33. The first-order valence-electron chi connectivity index (χ1n) is 10.0. The molecule has 2 aromatic carbocycles. The van der Waals surface area contributed by atoms with Crippen molar-refractivity contribution in [3.63, 3.8) is 0 Å². The van der Waals surface area contributed by atoms with Crippen LogP contribution in [0.3, 0.4) is 0 Å². The van der Waals surface area contributed by atoms with Crippen molar-refractivity contribution in [2.24, 2.45) is 5.92 Å². The molecule has 0 aliphatic carbocycles. The Labute approximate surface area is 174 Å². The second-order valence-corrected chi connectivity index (χ2v) is 7.93. The average molecular weight is 418 g/mol. The standard InChI is InChI=1S/C23H25F3N2O2/c1-15(2)16-8-10-20(11-9-16)27-21(29)18-6-4-12-28(14-18)22(30)17-5-3-7-19(13-17)23(24,25)26/h3,5,7-11,13,15,18H,4,6,12,14H2,1-2H3,(H,27,29)/t18-/m1/s1. The molecular formula is C23H25F3N2O2. The van der Waals surface area contributed by atoms with E-state index in [1.54, 1.807) is 0 Å². The summed E-state index contributed by atoms with van der Waals surface area (Å²) in [5.41, 5.74) is 0.980. The van der Waals surface area contributed by atoms with Crippen molar-refractivity contribution in [1.82, 2.24) is 4.90 Å². The zero-order valence-corrected chi connectivity index (χ0v) is 17.0. The number of anilines is 1. The van der Waals surface area contributed by atoms with Crippen molar-refractivity contribution < 1.29 is 22.8 Å². The van der Waals surface area contributed by atoms with E-state index >= 15 is 0 Å². The quantitative estimate of drug-likeness (QED) is 0.731. The first kappa shape index (κ1) is 21.9. The number of likely N-dealkylation sites (tertiary alicyclic amines) is 1. The van der Waals surface area contributed by atoms with Crippen LogP contribution in [-0.2, 0) is 11.0 Å². The lowest BCUT2D eigenvalue weighted by molar-refractivity contribution is -0.137. The van der Waals surface area contributed by atoms with Crippen LogP contribution in [0, 0.1) is 5.92 Å². The van der Waals surface area contributed by atoms with Crippen LogP contribution in [-0.4, -0.2) is 29.8 Å². The molecule has 1 atom stereocenters. The molecule has 1 saturated heterocycles. The van der Waals surface area contributed by atoms with Crippen LogP contribution in [0.5, 0.6) is 0 Å². The third kappa shape index (κ3) is 5.20. The highest BCUT2D eigenvalue weighted by atomic mass is 19.4. The lowest BCUT2D eigenvalue weighted by Gasteiger charge is -2.32. The molecule has 4 nitrogen and oxygen atoms in total. The van der Waals surface area contributed by atoms with Crippen LogP contribution in [0.25, 0.3) is 0 Å². The number of amides is 2. The fraction of sp³-hybridized carbons (Fsp3) is 0.391. The summed E-state index contributed by atoms with van der Waals surface area (Å²) >= 11 is 0. The number of piperidine rings is 1. The molecule has 0 radical (unpaired) electrons. The van der Waals surface area contributed by atoms with Gasteiger partial charge in [0.15, 0.2) is 0 Å². The molecule has 1 aliphatic heterocycles. The Bertz CT molecular complexity index is 907. The molecule has 160 valence electrons. The van der Waals surface area contributed by atoms with Gasteiger partial charge < -0.3 is 10.2 Å². The zero-order valence-electron chi connectivity index (χ0n) is 17.0. The monoisotopic (exact) mass is 418 g/mol. The van der Waals surface area contributed by atoms with Gasteiger partial charge in [0.1, 0.15) is 0 Å². The number of alkyl halides is 3. The maximum atomic E-state index is 12.9. The van der Waals surface area contributed by atoms with Crippen LogP contribution in [0.4, 0.5) is 18.9 Å². The predicted molar refractivity (Wildman–Crippen MR) is 109 cm³/mol. The number of halogens is 3. The minimum absolute atomic E-state index is 0.0184. The van der Waals surface area contributed by atoms with Crippen LogP contribution in [0.15, 0.2) is 48.5 Å². The van der Waals surface area contributed by atoms with Crippen molar-refractivity contribution in [2.75, 3.05) is 18.4 Å². The van der Waals surface area contributed by atoms with Crippen LogP contribution < -0.4 is 5.32 Å². The van der Waals surface area contributed by atoms with E-state index in [1.807, 2.05) is 24.3 Å². The second-order valence-electron chi connectivity index (χ2n) is 7.93. The van der Waals surface area contributed by atoms with Crippen molar-refractivity contribution in [3.8, 4) is 0 Å². The first-order valence-corrected chi connectivity index (χ1v) is 10.0. The van der Waals surface area contributed by atoms with Crippen LogP contribution in [0.1, 0.15) is 54.1 Å². The minimum atomic E-state index is -4.51. The molecule has 0 bridgehead atoms. The Hall–Kier alpha value is -2.83. The number of nitrogens with zero attached hydrogens (tertiary/aromatic N) is 1. The second kappa shape index (κ2) is 8.90. The van der Waals surface area contributed by atoms with Gasteiger partial charge in [-0.25, -0.2) is 0 Å². The number of hydrogen-bond acceptors (Lipinski definition) is 2. The number of nitrogens with one attached hydrogen (secondary N) is 1. The summed E-state index contributed by atoms with van der Waals surface area (Å²) in [6, 6.07) is 12.0. The third-order valence-corrected chi connectivity index (χ3v) is 5.36. The maximum absolute atomic E-state index is 12.9. The van der Waals surface area contributed by atoms with Gasteiger partial charge >= 0.3 is 6.18 Å². The largest absolute Gasteiger partial charge is 0.416 e. The predicted octanol–water partition coefficient (Wildman–Crippen LogP) is 5.32. The van der Waals surface area contributed by atoms with Crippen molar-refractivity contribution in [2.45, 2.75) is 38.8 Å². The Morgan fingerprint density at radius 3 is 2.43 bits per heavy atom. The summed E-state index contributed by atoms with van der Waals surface area (Å²) in [6.07, 6.45) is -3.26. The van der Waals surface area contributed by atoms with Gasteiger partial charge in [0.2, 0.25) is 5.91 Å². The summed E-state index contributed by atoms with van der Waals surface area (Å²) in [4.78, 5) is 26.9. The molecule has 0 aromatic heterocycles. The van der Waals surface area contributed by atoms with Crippen molar-refractivity contribution in [1.29, 1.82) is 0 Å². The fourth-order valence-electron chi connectivity index (χ4n) is 3.58. The SMILES string of the molecule is CC(C)c1ccc(NC(=O)[C@@H]2CCCN(C(=O)c3cccc(C(F)(F)F)c3)C2)cc1. The van der Waals surface area contributed by atoms with Crippen molar-refractivity contribution >= 4 is 17.5 Å². The van der Waals surface area contributed by atoms with E-state index in [0.29, 0.717) is 31.0 Å². The van der Waals surface area contributed by atoms with E-state index in [2.05, 4.69) is 19.2 Å². The van der Waals surface area contributed by atoms with E-state index in [4.69, 9.17) is 0 Å². The Morgan fingerprint density at radius 2 is 1.80 bits per heavy atom. The smallest absolute Gasteiger partial charge is 0.338 e. The molecule has 2 aromatic rings. The number of hydrogen-bond donors (Lipinski definition) is 1. The molecule has 1 heterocycles. The molecular weight excluding hydrogens is 393 g/mol. The third-order valence-electron chi connectivity index (χ3n) is 5.36. The molecule has 1 fully saturated rings. The topological polar surface area (TPSA) is 49.4 Å². The summed E-state index contributed by atoms with van der Waals surface area (Å²) in [6.45, 7) is 4.78. The lowest BCUT2D eigenvalue weighted by Crippen LogP contribution is -2.43. The highest BCUT2D eigenvalue weighted by molar-refractivity contribution is 5.96. The molecule has 1 N–H and O–H groups in total. The fourth-order valence-corrected chi connectivity index (χ4v) is 3.58. The van der Waals surface area contributed by atoms with Gasteiger partial charge in [-0.05, 0) is 54.7 Å². The maximum Gasteiger partial charge on any atom is 0.416 e. The number of carbonyl (C=O) groups is 2. The number of rotatable bonds is 4. The molecule has 0 unspecified atom stereocenters. The molecule has 0 saturated carbocycles. The minimum Gasteiger partial charge on any atom is -0.338 e.